The minimum absolute atomic E-state index is 0.0439. The molecule has 0 heterocycles. The number of hydrogen-bond acceptors (Lipinski definition) is 6. The number of amides is 1. The molecular formula is C19H28N2O6. The normalized spacial score (nSPS) is 12.1. The van der Waals surface area contributed by atoms with Gasteiger partial charge in [-0.15, -0.1) is 0 Å². The van der Waals surface area contributed by atoms with E-state index in [2.05, 4.69) is 5.32 Å². The Labute approximate surface area is 159 Å². The molecule has 27 heavy (non-hydrogen) atoms. The van der Waals surface area contributed by atoms with Crippen molar-refractivity contribution in [2.24, 2.45) is 5.73 Å². The Bertz CT molecular complexity index is 646. The highest BCUT2D eigenvalue weighted by molar-refractivity contribution is 5.83. The molecule has 0 unspecified atom stereocenters. The SMILES string of the molecule is CC(C)c1cccc(C(C)C)c1OC(=O)OCCN[C@@H](CC(N)=O)C(=O)O. The Morgan fingerprint density at radius 1 is 1.11 bits per heavy atom. The summed E-state index contributed by atoms with van der Waals surface area (Å²) in [5.41, 5.74) is 6.81. The number of benzene rings is 1. The largest absolute Gasteiger partial charge is 0.513 e. The zero-order chi connectivity index (χ0) is 20.6. The number of aliphatic carboxylic acids is 1. The van der Waals surface area contributed by atoms with Crippen molar-refractivity contribution < 1.29 is 29.0 Å². The summed E-state index contributed by atoms with van der Waals surface area (Å²) in [5, 5.41) is 11.6. The van der Waals surface area contributed by atoms with Crippen LogP contribution in [0, 0.1) is 0 Å². The topological polar surface area (TPSA) is 128 Å². The zero-order valence-electron chi connectivity index (χ0n) is 16.2. The second-order valence-corrected chi connectivity index (χ2v) is 6.79. The van der Waals surface area contributed by atoms with Crippen molar-refractivity contribution in [2.75, 3.05) is 13.2 Å². The fraction of sp³-hybridized carbons (Fsp3) is 0.526. The number of carbonyl (C=O) groups is 3. The van der Waals surface area contributed by atoms with Crippen LogP contribution in [0.2, 0.25) is 0 Å². The highest BCUT2D eigenvalue weighted by Crippen LogP contribution is 2.34. The molecule has 1 amide bonds. The fourth-order valence-electron chi connectivity index (χ4n) is 2.53. The van der Waals surface area contributed by atoms with Gasteiger partial charge in [0.25, 0.3) is 0 Å². The highest BCUT2D eigenvalue weighted by atomic mass is 16.7. The van der Waals surface area contributed by atoms with Crippen LogP contribution in [-0.2, 0) is 14.3 Å². The Morgan fingerprint density at radius 2 is 1.67 bits per heavy atom. The van der Waals surface area contributed by atoms with E-state index in [9.17, 15) is 14.4 Å². The van der Waals surface area contributed by atoms with E-state index in [1.165, 1.54) is 0 Å². The first kappa shape index (κ1) is 22.4. The number of para-hydroxylation sites is 1. The molecule has 0 saturated carbocycles. The average Bonchev–Trinajstić information content (AvgIpc) is 2.56. The molecule has 4 N–H and O–H groups in total. The minimum atomic E-state index is -1.20. The molecule has 8 nitrogen and oxygen atoms in total. The maximum atomic E-state index is 12.1. The smallest absolute Gasteiger partial charge is 0.480 e. The molecule has 1 aromatic carbocycles. The maximum absolute atomic E-state index is 12.1. The van der Waals surface area contributed by atoms with Gasteiger partial charge in [-0.05, 0) is 23.0 Å². The molecule has 1 aromatic rings. The number of carboxylic acid groups (broad SMARTS) is 1. The van der Waals surface area contributed by atoms with Crippen LogP contribution in [0.5, 0.6) is 5.75 Å². The predicted octanol–water partition coefficient (Wildman–Crippen LogP) is 2.37. The number of rotatable bonds is 10. The molecule has 1 atom stereocenters. The fourth-order valence-corrected chi connectivity index (χ4v) is 2.53. The number of ether oxygens (including phenoxy) is 2. The summed E-state index contributed by atoms with van der Waals surface area (Å²) < 4.78 is 10.5. The van der Waals surface area contributed by atoms with Crippen LogP contribution in [0.4, 0.5) is 4.79 Å². The summed E-state index contributed by atoms with van der Waals surface area (Å²) in [6.45, 7) is 7.96. The molecule has 0 aromatic heterocycles. The van der Waals surface area contributed by atoms with Gasteiger partial charge in [0.05, 0.1) is 6.42 Å². The lowest BCUT2D eigenvalue weighted by molar-refractivity contribution is -0.141. The van der Waals surface area contributed by atoms with Gasteiger partial charge in [0.2, 0.25) is 5.91 Å². The van der Waals surface area contributed by atoms with Crippen LogP contribution in [0.3, 0.4) is 0 Å². The first-order valence-corrected chi connectivity index (χ1v) is 8.85. The van der Waals surface area contributed by atoms with Crippen LogP contribution in [0.15, 0.2) is 18.2 Å². The molecule has 0 saturated heterocycles. The van der Waals surface area contributed by atoms with E-state index in [4.69, 9.17) is 20.3 Å². The Morgan fingerprint density at radius 3 is 2.11 bits per heavy atom. The lowest BCUT2D eigenvalue weighted by Gasteiger charge is -2.18. The molecule has 0 aliphatic heterocycles. The van der Waals surface area contributed by atoms with E-state index in [1.54, 1.807) is 0 Å². The quantitative estimate of drug-likeness (QED) is 0.323. The van der Waals surface area contributed by atoms with E-state index in [0.717, 1.165) is 11.1 Å². The number of primary amides is 1. The second kappa shape index (κ2) is 10.5. The summed E-state index contributed by atoms with van der Waals surface area (Å²) in [6.07, 6.45) is -1.21. The number of carboxylic acids is 1. The number of carbonyl (C=O) groups excluding carboxylic acids is 2. The summed E-state index contributed by atoms with van der Waals surface area (Å²) in [4.78, 5) is 33.9. The third-order valence-corrected chi connectivity index (χ3v) is 3.92. The molecule has 1 rings (SSSR count). The Balaban J connectivity index is 2.65. The van der Waals surface area contributed by atoms with Gasteiger partial charge in [-0.2, -0.15) is 0 Å². The van der Waals surface area contributed by atoms with Crippen LogP contribution >= 0.6 is 0 Å². The van der Waals surface area contributed by atoms with Gasteiger partial charge in [0.15, 0.2) is 0 Å². The summed E-state index contributed by atoms with van der Waals surface area (Å²) in [5.74, 6) is -1.11. The Hall–Kier alpha value is -2.61. The highest BCUT2D eigenvalue weighted by Gasteiger charge is 2.20. The molecule has 150 valence electrons. The standard InChI is InChI=1S/C19H28N2O6/c1-11(2)13-6-5-7-14(12(3)4)17(13)27-19(25)26-9-8-21-15(18(23)24)10-16(20)22/h5-7,11-12,15,21H,8-10H2,1-4H3,(H2,20,22)(H,23,24)/t15-/m0/s1. The molecule has 0 fully saturated rings. The average molecular weight is 380 g/mol. The van der Waals surface area contributed by atoms with Gasteiger partial charge in [-0.25, -0.2) is 4.79 Å². The molecule has 0 spiro atoms. The van der Waals surface area contributed by atoms with Gasteiger partial charge in [0, 0.05) is 6.54 Å². The van der Waals surface area contributed by atoms with Crippen molar-refractivity contribution in [1.29, 1.82) is 0 Å². The van der Waals surface area contributed by atoms with Crippen LogP contribution in [0.1, 0.15) is 57.1 Å². The van der Waals surface area contributed by atoms with Crippen molar-refractivity contribution in [3.05, 3.63) is 29.3 Å². The van der Waals surface area contributed by atoms with E-state index in [0.29, 0.717) is 5.75 Å². The van der Waals surface area contributed by atoms with Crippen molar-refractivity contribution in [2.45, 2.75) is 52.0 Å². The van der Waals surface area contributed by atoms with Crippen LogP contribution < -0.4 is 15.8 Å². The molecule has 0 aliphatic carbocycles. The minimum Gasteiger partial charge on any atom is -0.480 e. The van der Waals surface area contributed by atoms with Crippen molar-refractivity contribution >= 4 is 18.0 Å². The van der Waals surface area contributed by atoms with Gasteiger partial charge in [-0.1, -0.05) is 45.9 Å². The number of nitrogens with one attached hydrogen (secondary N) is 1. The van der Waals surface area contributed by atoms with E-state index >= 15 is 0 Å². The molecule has 0 aliphatic rings. The monoisotopic (exact) mass is 380 g/mol. The third kappa shape index (κ3) is 7.26. The molecule has 0 bridgehead atoms. The Kier molecular flexibility index (Phi) is 8.74. The maximum Gasteiger partial charge on any atom is 0.513 e. The summed E-state index contributed by atoms with van der Waals surface area (Å²) in [7, 11) is 0. The second-order valence-electron chi connectivity index (χ2n) is 6.79. The zero-order valence-corrected chi connectivity index (χ0v) is 16.2. The third-order valence-electron chi connectivity index (χ3n) is 3.92. The van der Waals surface area contributed by atoms with Gasteiger partial charge in [-0.3, -0.25) is 9.59 Å². The van der Waals surface area contributed by atoms with E-state index in [-0.39, 0.29) is 31.4 Å². The van der Waals surface area contributed by atoms with Crippen molar-refractivity contribution in [3.8, 4) is 5.75 Å². The van der Waals surface area contributed by atoms with Gasteiger partial charge in [0.1, 0.15) is 18.4 Å². The van der Waals surface area contributed by atoms with Crippen LogP contribution in [0.25, 0.3) is 0 Å². The molecule has 0 radical (unpaired) electrons. The molecular weight excluding hydrogens is 352 g/mol. The van der Waals surface area contributed by atoms with E-state index in [1.807, 2.05) is 45.9 Å². The van der Waals surface area contributed by atoms with Gasteiger partial charge >= 0.3 is 12.1 Å². The van der Waals surface area contributed by atoms with E-state index < -0.39 is 24.1 Å². The number of nitrogens with two attached hydrogens (primary N) is 1. The van der Waals surface area contributed by atoms with Crippen molar-refractivity contribution in [1.82, 2.24) is 5.32 Å². The van der Waals surface area contributed by atoms with Gasteiger partial charge < -0.3 is 25.6 Å². The van der Waals surface area contributed by atoms with Crippen LogP contribution in [-0.4, -0.2) is 42.3 Å². The number of hydrogen-bond donors (Lipinski definition) is 3. The lowest BCUT2D eigenvalue weighted by Crippen LogP contribution is -2.41. The van der Waals surface area contributed by atoms with Crippen molar-refractivity contribution in [3.63, 3.8) is 0 Å². The summed E-state index contributed by atoms with van der Waals surface area (Å²) in [6, 6.07) is 4.61. The first-order valence-electron chi connectivity index (χ1n) is 8.85. The predicted molar refractivity (Wildman–Crippen MR) is 99.8 cm³/mol. The lowest BCUT2D eigenvalue weighted by atomic mass is 9.94. The molecule has 8 heteroatoms. The summed E-state index contributed by atoms with van der Waals surface area (Å²) >= 11 is 0. The first-order chi connectivity index (χ1) is 12.6.